The second kappa shape index (κ2) is 12.9. The van der Waals surface area contributed by atoms with Gasteiger partial charge in [0.25, 0.3) is 0 Å². The fraction of sp³-hybridized carbons (Fsp3) is 0.600. The highest BCUT2D eigenvalue weighted by atomic mass is 127. The summed E-state index contributed by atoms with van der Waals surface area (Å²) in [6.45, 7) is 4.51. The third-order valence-corrected chi connectivity index (χ3v) is 4.80. The standard InChI is InChI=1S/C20H29F3N4O2.HI/c1-3-25-19(27-11-8-15(9-12-27)14-18(28)24-2)26-10-13-29-17-7-5-4-6-16(17)20(21,22)23;/h4-7,15H,3,8-14H2,1-2H3,(H,24,28)(H,25,26);1H. The van der Waals surface area contributed by atoms with Gasteiger partial charge in [-0.3, -0.25) is 4.79 Å². The van der Waals surface area contributed by atoms with E-state index in [4.69, 9.17) is 4.74 Å². The Bertz CT molecular complexity index is 693. The molecule has 6 nitrogen and oxygen atoms in total. The minimum atomic E-state index is -4.45. The van der Waals surface area contributed by atoms with Crippen LogP contribution in [0.15, 0.2) is 29.3 Å². The van der Waals surface area contributed by atoms with Crippen LogP contribution in [0.1, 0.15) is 31.7 Å². The van der Waals surface area contributed by atoms with Gasteiger partial charge in [0.1, 0.15) is 12.4 Å². The first-order valence-corrected chi connectivity index (χ1v) is 9.88. The Morgan fingerprint density at radius 1 is 1.27 bits per heavy atom. The number of halogens is 4. The molecule has 0 aromatic heterocycles. The van der Waals surface area contributed by atoms with Gasteiger partial charge in [-0.2, -0.15) is 13.2 Å². The van der Waals surface area contributed by atoms with Gasteiger partial charge in [0.15, 0.2) is 5.96 Å². The Hall–Kier alpha value is -1.72. The molecule has 1 saturated heterocycles. The molecule has 1 aliphatic heterocycles. The molecule has 1 fully saturated rings. The molecule has 1 amide bonds. The van der Waals surface area contributed by atoms with Gasteiger partial charge < -0.3 is 20.3 Å². The normalized spacial score (nSPS) is 15.4. The Labute approximate surface area is 192 Å². The van der Waals surface area contributed by atoms with E-state index in [1.54, 1.807) is 7.05 Å². The van der Waals surface area contributed by atoms with E-state index in [1.807, 2.05) is 6.92 Å². The fourth-order valence-electron chi connectivity index (χ4n) is 3.27. The van der Waals surface area contributed by atoms with E-state index in [1.165, 1.54) is 18.2 Å². The van der Waals surface area contributed by atoms with Gasteiger partial charge in [-0.15, -0.1) is 24.0 Å². The van der Waals surface area contributed by atoms with Crippen LogP contribution in [0.5, 0.6) is 5.75 Å². The van der Waals surface area contributed by atoms with Gasteiger partial charge in [0, 0.05) is 33.1 Å². The number of amides is 1. The van der Waals surface area contributed by atoms with Crippen molar-refractivity contribution in [1.29, 1.82) is 0 Å². The maximum atomic E-state index is 13.0. The van der Waals surface area contributed by atoms with Gasteiger partial charge in [-0.1, -0.05) is 12.1 Å². The molecule has 0 spiro atoms. The van der Waals surface area contributed by atoms with E-state index in [-0.39, 0.29) is 48.8 Å². The number of carbonyl (C=O) groups excluding carboxylic acids is 1. The topological polar surface area (TPSA) is 66.0 Å². The highest BCUT2D eigenvalue weighted by molar-refractivity contribution is 14.0. The number of carbonyl (C=O) groups is 1. The average Bonchev–Trinajstić information content (AvgIpc) is 2.70. The molecule has 0 atom stereocenters. The van der Waals surface area contributed by atoms with Crippen LogP contribution in [0.3, 0.4) is 0 Å². The molecule has 1 heterocycles. The molecular formula is C20H30F3IN4O2. The number of guanidine groups is 1. The minimum Gasteiger partial charge on any atom is -0.491 e. The fourth-order valence-corrected chi connectivity index (χ4v) is 3.27. The minimum absolute atomic E-state index is 0. The summed E-state index contributed by atoms with van der Waals surface area (Å²) in [5.41, 5.74) is -0.783. The van der Waals surface area contributed by atoms with Crippen molar-refractivity contribution in [1.82, 2.24) is 15.5 Å². The van der Waals surface area contributed by atoms with Crippen LogP contribution in [0, 0.1) is 5.92 Å². The van der Waals surface area contributed by atoms with Gasteiger partial charge in [-0.25, -0.2) is 4.99 Å². The molecule has 0 saturated carbocycles. The number of rotatable bonds is 7. The number of likely N-dealkylation sites (tertiary alicyclic amines) is 1. The lowest BCUT2D eigenvalue weighted by molar-refractivity contribution is -0.139. The van der Waals surface area contributed by atoms with Crippen molar-refractivity contribution in [2.24, 2.45) is 10.9 Å². The van der Waals surface area contributed by atoms with E-state index < -0.39 is 11.7 Å². The summed E-state index contributed by atoms with van der Waals surface area (Å²) >= 11 is 0. The van der Waals surface area contributed by atoms with Crippen LogP contribution in [-0.4, -0.2) is 56.6 Å². The van der Waals surface area contributed by atoms with E-state index in [2.05, 4.69) is 20.5 Å². The van der Waals surface area contributed by atoms with Crippen molar-refractivity contribution in [3.8, 4) is 5.75 Å². The van der Waals surface area contributed by atoms with Crippen LogP contribution >= 0.6 is 24.0 Å². The molecule has 170 valence electrons. The van der Waals surface area contributed by atoms with E-state index >= 15 is 0 Å². The largest absolute Gasteiger partial charge is 0.491 e. The Morgan fingerprint density at radius 3 is 2.53 bits per heavy atom. The number of ether oxygens (including phenoxy) is 1. The number of benzene rings is 1. The van der Waals surface area contributed by atoms with Crippen LogP contribution < -0.4 is 15.4 Å². The van der Waals surface area contributed by atoms with E-state index in [0.29, 0.717) is 18.9 Å². The molecule has 0 bridgehead atoms. The van der Waals surface area contributed by atoms with E-state index in [0.717, 1.165) is 38.0 Å². The SMILES string of the molecule is CCNC(=NCCOc1ccccc1C(F)(F)F)N1CCC(CC(=O)NC)CC1.I. The van der Waals surface area contributed by atoms with Crippen LogP contribution in [0.4, 0.5) is 13.2 Å². The lowest BCUT2D eigenvalue weighted by atomic mass is 9.93. The smallest absolute Gasteiger partial charge is 0.419 e. The van der Waals surface area contributed by atoms with Crippen molar-refractivity contribution in [2.45, 2.75) is 32.4 Å². The number of para-hydroxylation sites is 1. The Balaban J connectivity index is 0.00000450. The third kappa shape index (κ3) is 8.19. The van der Waals surface area contributed by atoms with Crippen molar-refractivity contribution < 1.29 is 22.7 Å². The summed E-state index contributed by atoms with van der Waals surface area (Å²) in [6, 6.07) is 5.17. The quantitative estimate of drug-likeness (QED) is 0.240. The summed E-state index contributed by atoms with van der Waals surface area (Å²) in [5, 5.41) is 5.87. The maximum Gasteiger partial charge on any atom is 0.419 e. The summed E-state index contributed by atoms with van der Waals surface area (Å²) in [7, 11) is 1.64. The predicted molar refractivity (Wildman–Crippen MR) is 121 cm³/mol. The molecule has 2 rings (SSSR count). The molecule has 1 aromatic carbocycles. The van der Waals surface area contributed by atoms with Crippen molar-refractivity contribution in [3.05, 3.63) is 29.8 Å². The van der Waals surface area contributed by atoms with E-state index in [9.17, 15) is 18.0 Å². The van der Waals surface area contributed by atoms with Gasteiger partial charge in [0.2, 0.25) is 5.91 Å². The molecular weight excluding hydrogens is 512 g/mol. The molecule has 1 aromatic rings. The molecule has 30 heavy (non-hydrogen) atoms. The van der Waals surface area contributed by atoms with Crippen molar-refractivity contribution in [3.63, 3.8) is 0 Å². The lowest BCUT2D eigenvalue weighted by Gasteiger charge is -2.34. The zero-order chi connectivity index (χ0) is 21.3. The van der Waals surface area contributed by atoms with Gasteiger partial charge >= 0.3 is 6.18 Å². The maximum absolute atomic E-state index is 13.0. The third-order valence-electron chi connectivity index (χ3n) is 4.80. The number of aliphatic imine (C=N–C) groups is 1. The molecule has 10 heteroatoms. The highest BCUT2D eigenvalue weighted by Crippen LogP contribution is 2.35. The van der Waals surface area contributed by atoms with Crippen LogP contribution in [-0.2, 0) is 11.0 Å². The number of nitrogens with zero attached hydrogens (tertiary/aromatic N) is 2. The first-order chi connectivity index (χ1) is 13.8. The molecule has 0 aliphatic carbocycles. The predicted octanol–water partition coefficient (Wildman–Crippen LogP) is 3.52. The zero-order valence-electron chi connectivity index (χ0n) is 17.3. The molecule has 2 N–H and O–H groups in total. The summed E-state index contributed by atoms with van der Waals surface area (Å²) in [5.74, 6) is 0.949. The molecule has 1 aliphatic rings. The summed E-state index contributed by atoms with van der Waals surface area (Å²) in [4.78, 5) is 18.1. The zero-order valence-corrected chi connectivity index (χ0v) is 19.6. The van der Waals surface area contributed by atoms with Crippen LogP contribution in [0.2, 0.25) is 0 Å². The molecule has 0 unspecified atom stereocenters. The van der Waals surface area contributed by atoms with Gasteiger partial charge in [-0.05, 0) is 37.8 Å². The lowest BCUT2D eigenvalue weighted by Crippen LogP contribution is -2.46. The average molecular weight is 542 g/mol. The Morgan fingerprint density at radius 2 is 1.93 bits per heavy atom. The first kappa shape index (κ1) is 26.3. The number of hydrogen-bond donors (Lipinski definition) is 2. The van der Waals surface area contributed by atoms with Crippen LogP contribution in [0.25, 0.3) is 0 Å². The number of alkyl halides is 3. The second-order valence-electron chi connectivity index (χ2n) is 6.89. The monoisotopic (exact) mass is 542 g/mol. The van der Waals surface area contributed by atoms with Crippen molar-refractivity contribution in [2.75, 3.05) is 39.8 Å². The highest BCUT2D eigenvalue weighted by Gasteiger charge is 2.34. The summed E-state index contributed by atoms with van der Waals surface area (Å²) < 4.78 is 44.4. The first-order valence-electron chi connectivity index (χ1n) is 9.88. The number of piperidine rings is 1. The molecule has 0 radical (unpaired) electrons. The van der Waals surface area contributed by atoms with Crippen molar-refractivity contribution >= 4 is 35.8 Å². The van der Waals surface area contributed by atoms with Gasteiger partial charge in [0.05, 0.1) is 12.1 Å². The number of hydrogen-bond acceptors (Lipinski definition) is 3. The number of nitrogens with one attached hydrogen (secondary N) is 2. The summed E-state index contributed by atoms with van der Waals surface area (Å²) in [6.07, 6.45) is -2.13. The Kier molecular flexibility index (Phi) is 11.3. The second-order valence-corrected chi connectivity index (χ2v) is 6.89.